The summed E-state index contributed by atoms with van der Waals surface area (Å²) in [6.45, 7) is 4.19. The van der Waals surface area contributed by atoms with Gasteiger partial charge in [-0.1, -0.05) is 6.92 Å². The summed E-state index contributed by atoms with van der Waals surface area (Å²) in [6.07, 6.45) is 8.97. The van der Waals surface area contributed by atoms with Crippen molar-refractivity contribution in [1.82, 2.24) is 20.2 Å². The van der Waals surface area contributed by atoms with Gasteiger partial charge in [-0.05, 0) is 30.9 Å². The van der Waals surface area contributed by atoms with Crippen molar-refractivity contribution in [1.29, 1.82) is 0 Å². The summed E-state index contributed by atoms with van der Waals surface area (Å²) in [6, 6.07) is 1.86. The molecule has 0 bridgehead atoms. The number of H-pyrrole nitrogens is 1. The van der Waals surface area contributed by atoms with E-state index in [-0.39, 0.29) is 0 Å². The summed E-state index contributed by atoms with van der Waals surface area (Å²) in [5.41, 5.74) is 2.63. The Morgan fingerprint density at radius 1 is 1.37 bits per heavy atom. The highest BCUT2D eigenvalue weighted by Gasteiger charge is 2.25. The highest BCUT2D eigenvalue weighted by atomic mass is 15.3. The molecular formula is C14H19N5. The molecule has 5 nitrogen and oxygen atoms in total. The zero-order chi connectivity index (χ0) is 13.1. The highest BCUT2D eigenvalue weighted by Crippen LogP contribution is 2.29. The maximum atomic E-state index is 4.35. The molecule has 1 aliphatic rings. The van der Waals surface area contributed by atoms with Gasteiger partial charge in [0.25, 0.3) is 0 Å². The van der Waals surface area contributed by atoms with E-state index < -0.39 is 0 Å². The van der Waals surface area contributed by atoms with Crippen LogP contribution in [0.15, 0.2) is 24.7 Å². The van der Waals surface area contributed by atoms with Crippen LogP contribution >= 0.6 is 0 Å². The standard InChI is InChI=1S/C14H19N5/c1-2-11-9-17-18-13(11)12-5-3-8-19(10-12)14-15-6-4-7-16-14/h4,6-7,9,12H,2-3,5,8,10H2,1H3,(H,17,18)/t12-/m1/s1. The van der Waals surface area contributed by atoms with Gasteiger partial charge in [-0.15, -0.1) is 0 Å². The van der Waals surface area contributed by atoms with E-state index in [1.807, 2.05) is 12.3 Å². The van der Waals surface area contributed by atoms with Gasteiger partial charge in [0.15, 0.2) is 0 Å². The SMILES string of the molecule is CCc1cn[nH]c1[C@@H]1CCCN(c2ncccn2)C1. The molecule has 0 radical (unpaired) electrons. The fourth-order valence-electron chi connectivity index (χ4n) is 2.81. The summed E-state index contributed by atoms with van der Waals surface area (Å²) >= 11 is 0. The van der Waals surface area contributed by atoms with E-state index in [1.54, 1.807) is 12.4 Å². The average molecular weight is 257 g/mol. The summed E-state index contributed by atoms with van der Waals surface area (Å²) in [7, 11) is 0. The zero-order valence-corrected chi connectivity index (χ0v) is 11.2. The normalized spacial score (nSPS) is 19.6. The lowest BCUT2D eigenvalue weighted by atomic mass is 9.92. The maximum Gasteiger partial charge on any atom is 0.225 e. The van der Waals surface area contributed by atoms with Crippen LogP contribution < -0.4 is 4.90 Å². The zero-order valence-electron chi connectivity index (χ0n) is 11.2. The number of piperidine rings is 1. The van der Waals surface area contributed by atoms with Gasteiger partial charge < -0.3 is 4.90 Å². The molecule has 2 aromatic heterocycles. The van der Waals surface area contributed by atoms with Crippen LogP contribution in [0.1, 0.15) is 36.9 Å². The lowest BCUT2D eigenvalue weighted by Gasteiger charge is -2.32. The highest BCUT2D eigenvalue weighted by molar-refractivity contribution is 5.32. The molecule has 1 aliphatic heterocycles. The number of aryl methyl sites for hydroxylation is 1. The second-order valence-electron chi connectivity index (χ2n) is 5.00. The van der Waals surface area contributed by atoms with Crippen molar-refractivity contribution in [3.8, 4) is 0 Å². The van der Waals surface area contributed by atoms with Crippen LogP contribution in [0.5, 0.6) is 0 Å². The smallest absolute Gasteiger partial charge is 0.225 e. The van der Waals surface area contributed by atoms with E-state index in [9.17, 15) is 0 Å². The number of nitrogens with one attached hydrogen (secondary N) is 1. The fraction of sp³-hybridized carbons (Fsp3) is 0.500. The maximum absolute atomic E-state index is 4.35. The van der Waals surface area contributed by atoms with Gasteiger partial charge in [0.05, 0.1) is 6.20 Å². The molecule has 3 heterocycles. The van der Waals surface area contributed by atoms with Gasteiger partial charge in [-0.2, -0.15) is 5.10 Å². The molecule has 2 aromatic rings. The van der Waals surface area contributed by atoms with Crippen molar-refractivity contribution < 1.29 is 0 Å². The topological polar surface area (TPSA) is 57.7 Å². The van der Waals surface area contributed by atoms with Crippen LogP contribution in [0.4, 0.5) is 5.95 Å². The lowest BCUT2D eigenvalue weighted by Crippen LogP contribution is -2.35. The monoisotopic (exact) mass is 257 g/mol. The first-order chi connectivity index (χ1) is 9.38. The van der Waals surface area contributed by atoms with Crippen LogP contribution in [0.25, 0.3) is 0 Å². The Morgan fingerprint density at radius 3 is 3.00 bits per heavy atom. The van der Waals surface area contributed by atoms with Gasteiger partial charge in [0.2, 0.25) is 5.95 Å². The Morgan fingerprint density at radius 2 is 2.21 bits per heavy atom. The Balaban J connectivity index is 1.79. The van der Waals surface area contributed by atoms with E-state index in [4.69, 9.17) is 0 Å². The summed E-state index contributed by atoms with van der Waals surface area (Å²) in [5.74, 6) is 1.35. The number of aromatic amines is 1. The number of aromatic nitrogens is 4. The predicted molar refractivity (Wildman–Crippen MR) is 74.2 cm³/mol. The van der Waals surface area contributed by atoms with Gasteiger partial charge >= 0.3 is 0 Å². The summed E-state index contributed by atoms with van der Waals surface area (Å²) in [4.78, 5) is 11.0. The molecule has 0 aliphatic carbocycles. The molecule has 0 amide bonds. The second-order valence-corrected chi connectivity index (χ2v) is 5.00. The van der Waals surface area contributed by atoms with Crippen molar-refractivity contribution in [3.63, 3.8) is 0 Å². The van der Waals surface area contributed by atoms with E-state index in [1.165, 1.54) is 24.1 Å². The van der Waals surface area contributed by atoms with Crippen molar-refractivity contribution in [2.75, 3.05) is 18.0 Å². The van der Waals surface area contributed by atoms with E-state index in [0.29, 0.717) is 5.92 Å². The number of rotatable bonds is 3. The van der Waals surface area contributed by atoms with Crippen molar-refractivity contribution >= 4 is 5.95 Å². The van der Waals surface area contributed by atoms with E-state index in [2.05, 4.69) is 32.0 Å². The first-order valence-corrected chi connectivity index (χ1v) is 6.92. The van der Waals surface area contributed by atoms with Gasteiger partial charge in [-0.3, -0.25) is 5.10 Å². The van der Waals surface area contributed by atoms with Crippen LogP contribution in [0.3, 0.4) is 0 Å². The molecular weight excluding hydrogens is 238 g/mol. The Bertz CT molecular complexity index is 522. The molecule has 1 N–H and O–H groups in total. The van der Waals surface area contributed by atoms with Crippen LogP contribution in [0.2, 0.25) is 0 Å². The van der Waals surface area contributed by atoms with Crippen LogP contribution in [-0.2, 0) is 6.42 Å². The molecule has 0 spiro atoms. The Hall–Kier alpha value is -1.91. The molecule has 5 heteroatoms. The van der Waals surface area contributed by atoms with Gasteiger partial charge in [0, 0.05) is 37.1 Å². The largest absolute Gasteiger partial charge is 0.340 e. The van der Waals surface area contributed by atoms with E-state index in [0.717, 1.165) is 25.5 Å². The number of hydrogen-bond donors (Lipinski definition) is 1. The molecule has 19 heavy (non-hydrogen) atoms. The molecule has 0 aromatic carbocycles. The minimum absolute atomic E-state index is 0.509. The second kappa shape index (κ2) is 5.38. The van der Waals surface area contributed by atoms with Gasteiger partial charge in [0.1, 0.15) is 0 Å². The van der Waals surface area contributed by atoms with Crippen molar-refractivity contribution in [2.24, 2.45) is 0 Å². The molecule has 3 rings (SSSR count). The molecule has 1 atom stereocenters. The third kappa shape index (κ3) is 2.45. The Labute approximate surface area is 113 Å². The quantitative estimate of drug-likeness (QED) is 0.915. The minimum atomic E-state index is 0.509. The van der Waals surface area contributed by atoms with Gasteiger partial charge in [-0.25, -0.2) is 9.97 Å². The lowest BCUT2D eigenvalue weighted by molar-refractivity contribution is 0.492. The van der Waals surface area contributed by atoms with Crippen molar-refractivity contribution in [3.05, 3.63) is 35.9 Å². The van der Waals surface area contributed by atoms with E-state index >= 15 is 0 Å². The third-order valence-corrected chi connectivity index (χ3v) is 3.80. The predicted octanol–water partition coefficient (Wildman–Crippen LogP) is 2.15. The van der Waals surface area contributed by atoms with Crippen molar-refractivity contribution in [2.45, 2.75) is 32.1 Å². The number of nitrogens with zero attached hydrogens (tertiary/aromatic N) is 4. The first kappa shape index (κ1) is 12.1. The number of hydrogen-bond acceptors (Lipinski definition) is 4. The molecule has 100 valence electrons. The third-order valence-electron chi connectivity index (χ3n) is 3.80. The summed E-state index contributed by atoms with van der Waals surface area (Å²) < 4.78 is 0. The fourth-order valence-corrected chi connectivity index (χ4v) is 2.81. The van der Waals surface area contributed by atoms with Crippen LogP contribution in [-0.4, -0.2) is 33.3 Å². The molecule has 0 unspecified atom stereocenters. The molecule has 1 saturated heterocycles. The first-order valence-electron chi connectivity index (χ1n) is 6.92. The average Bonchev–Trinajstić information content (AvgIpc) is 2.97. The Kier molecular flexibility index (Phi) is 3.44. The van der Waals surface area contributed by atoms with Crippen LogP contribution in [0, 0.1) is 0 Å². The number of anilines is 1. The molecule has 1 fully saturated rings. The minimum Gasteiger partial charge on any atom is -0.340 e. The molecule has 0 saturated carbocycles. The summed E-state index contributed by atoms with van der Waals surface area (Å²) in [5, 5.41) is 7.37.